The Balaban J connectivity index is 2.64. The zero-order chi connectivity index (χ0) is 9.84. The molecule has 0 spiro atoms. The van der Waals surface area contributed by atoms with Gasteiger partial charge in [0, 0.05) is 11.8 Å². The van der Waals surface area contributed by atoms with Crippen molar-refractivity contribution in [2.45, 2.75) is 20.8 Å². The minimum absolute atomic E-state index is 0.238. The number of nitrogens with zero attached hydrogens (tertiary/aromatic N) is 2. The van der Waals surface area contributed by atoms with Crippen LogP contribution in [0.4, 0.5) is 0 Å². The minimum Gasteiger partial charge on any atom is -0.361 e. The first-order valence-electron chi connectivity index (χ1n) is 3.84. The van der Waals surface area contributed by atoms with Crippen LogP contribution in [-0.2, 0) is 0 Å². The number of nitrogens with one attached hydrogen (secondary N) is 1. The fourth-order valence-electron chi connectivity index (χ4n) is 0.693. The van der Waals surface area contributed by atoms with Gasteiger partial charge in [0.25, 0.3) is 5.91 Å². The zero-order valence-corrected chi connectivity index (χ0v) is 7.79. The molecule has 0 unspecified atom stereocenters. The predicted molar refractivity (Wildman–Crippen MR) is 47.5 cm³/mol. The van der Waals surface area contributed by atoms with Crippen molar-refractivity contribution in [2.75, 3.05) is 0 Å². The molecule has 0 atom stereocenters. The molecule has 5 nitrogen and oxygen atoms in total. The van der Waals surface area contributed by atoms with E-state index < -0.39 is 0 Å². The first-order valence-corrected chi connectivity index (χ1v) is 3.84. The summed E-state index contributed by atoms with van der Waals surface area (Å²) in [6.07, 6.45) is 0. The topological polar surface area (TPSA) is 67.5 Å². The highest BCUT2D eigenvalue weighted by molar-refractivity contribution is 5.93. The van der Waals surface area contributed by atoms with Crippen molar-refractivity contribution in [3.05, 3.63) is 17.5 Å². The van der Waals surface area contributed by atoms with Gasteiger partial charge < -0.3 is 4.52 Å². The molecule has 0 aliphatic heterocycles. The summed E-state index contributed by atoms with van der Waals surface area (Å²) in [7, 11) is 0. The lowest BCUT2D eigenvalue weighted by atomic mass is 10.4. The standard InChI is InChI=1S/C8H11N3O2/c1-5(2)9-10-8(12)7-4-6(3)13-11-7/h4H,1-3H3,(H,10,12). The fourth-order valence-corrected chi connectivity index (χ4v) is 0.693. The second-order valence-corrected chi connectivity index (χ2v) is 2.82. The van der Waals surface area contributed by atoms with Crippen molar-refractivity contribution in [3.63, 3.8) is 0 Å². The van der Waals surface area contributed by atoms with Gasteiger partial charge in [0.15, 0.2) is 5.69 Å². The Morgan fingerprint density at radius 1 is 1.62 bits per heavy atom. The number of hydrogen-bond donors (Lipinski definition) is 1. The summed E-state index contributed by atoms with van der Waals surface area (Å²) in [4.78, 5) is 11.2. The molecule has 0 radical (unpaired) electrons. The van der Waals surface area contributed by atoms with Crippen molar-refractivity contribution in [2.24, 2.45) is 5.10 Å². The highest BCUT2D eigenvalue weighted by atomic mass is 16.5. The van der Waals surface area contributed by atoms with Crippen molar-refractivity contribution < 1.29 is 9.32 Å². The number of hydrogen-bond acceptors (Lipinski definition) is 4. The Hall–Kier alpha value is -1.65. The summed E-state index contributed by atoms with van der Waals surface area (Å²) in [6, 6.07) is 1.55. The number of amides is 1. The van der Waals surface area contributed by atoms with E-state index in [0.29, 0.717) is 5.76 Å². The molecule has 1 aromatic rings. The number of hydrazone groups is 1. The molecule has 0 bridgehead atoms. The van der Waals surface area contributed by atoms with E-state index in [1.165, 1.54) is 0 Å². The van der Waals surface area contributed by atoms with Crippen LogP contribution in [0.1, 0.15) is 30.1 Å². The summed E-state index contributed by atoms with van der Waals surface area (Å²) in [5, 5.41) is 7.28. The Morgan fingerprint density at radius 3 is 2.77 bits per heavy atom. The largest absolute Gasteiger partial charge is 0.361 e. The first kappa shape index (κ1) is 9.44. The van der Waals surface area contributed by atoms with E-state index >= 15 is 0 Å². The Kier molecular flexibility index (Phi) is 2.79. The molecule has 1 rings (SSSR count). The average molecular weight is 181 g/mol. The molecular formula is C8H11N3O2. The van der Waals surface area contributed by atoms with E-state index in [9.17, 15) is 4.79 Å². The van der Waals surface area contributed by atoms with Gasteiger partial charge in [-0.1, -0.05) is 5.16 Å². The van der Waals surface area contributed by atoms with E-state index in [2.05, 4.69) is 15.7 Å². The Bertz CT molecular complexity index is 337. The van der Waals surface area contributed by atoms with E-state index in [0.717, 1.165) is 5.71 Å². The fraction of sp³-hybridized carbons (Fsp3) is 0.375. The lowest BCUT2D eigenvalue weighted by Gasteiger charge is -1.93. The number of aromatic nitrogens is 1. The molecule has 1 heterocycles. The summed E-state index contributed by atoms with van der Waals surface area (Å²) < 4.78 is 4.73. The summed E-state index contributed by atoms with van der Waals surface area (Å²) in [5.74, 6) is 0.236. The Labute approximate surface area is 75.8 Å². The van der Waals surface area contributed by atoms with Crippen molar-refractivity contribution in [1.82, 2.24) is 10.6 Å². The van der Waals surface area contributed by atoms with Crippen LogP contribution in [0.15, 0.2) is 15.7 Å². The van der Waals surface area contributed by atoms with Gasteiger partial charge in [-0.3, -0.25) is 4.79 Å². The SMILES string of the molecule is CC(C)=NNC(=O)c1cc(C)on1. The van der Waals surface area contributed by atoms with Gasteiger partial charge >= 0.3 is 0 Å². The van der Waals surface area contributed by atoms with Gasteiger partial charge in [0.05, 0.1) is 0 Å². The van der Waals surface area contributed by atoms with Crippen LogP contribution >= 0.6 is 0 Å². The van der Waals surface area contributed by atoms with E-state index in [1.54, 1.807) is 26.8 Å². The van der Waals surface area contributed by atoms with Crippen LogP contribution in [0.5, 0.6) is 0 Å². The zero-order valence-electron chi connectivity index (χ0n) is 7.79. The molecular weight excluding hydrogens is 170 g/mol. The lowest BCUT2D eigenvalue weighted by Crippen LogP contribution is -2.18. The van der Waals surface area contributed by atoms with Gasteiger partial charge in [0.1, 0.15) is 5.76 Å². The first-order chi connectivity index (χ1) is 6.09. The van der Waals surface area contributed by atoms with Gasteiger partial charge in [0.2, 0.25) is 0 Å². The third-order valence-corrected chi connectivity index (χ3v) is 1.24. The minimum atomic E-state index is -0.363. The van der Waals surface area contributed by atoms with Crippen LogP contribution in [0.2, 0.25) is 0 Å². The summed E-state index contributed by atoms with van der Waals surface area (Å²) in [5.41, 5.74) is 3.35. The van der Waals surface area contributed by atoms with E-state index in [-0.39, 0.29) is 11.6 Å². The van der Waals surface area contributed by atoms with Gasteiger partial charge in [-0.2, -0.15) is 5.10 Å². The maximum Gasteiger partial charge on any atom is 0.293 e. The second kappa shape index (κ2) is 3.84. The van der Waals surface area contributed by atoms with Crippen LogP contribution < -0.4 is 5.43 Å². The summed E-state index contributed by atoms with van der Waals surface area (Å²) >= 11 is 0. The van der Waals surface area contributed by atoms with E-state index in [1.807, 2.05) is 0 Å². The highest BCUT2D eigenvalue weighted by Gasteiger charge is 2.08. The molecule has 0 aliphatic carbocycles. The molecule has 1 N–H and O–H groups in total. The van der Waals surface area contributed by atoms with Crippen molar-refractivity contribution >= 4 is 11.6 Å². The molecule has 5 heteroatoms. The summed E-state index contributed by atoms with van der Waals surface area (Å²) in [6.45, 7) is 5.29. The van der Waals surface area contributed by atoms with Crippen LogP contribution in [0.3, 0.4) is 0 Å². The van der Waals surface area contributed by atoms with Gasteiger partial charge in [-0.05, 0) is 20.8 Å². The average Bonchev–Trinajstić information content (AvgIpc) is 2.47. The number of carbonyl (C=O) groups excluding carboxylic acids is 1. The number of rotatable bonds is 2. The third-order valence-electron chi connectivity index (χ3n) is 1.24. The number of aryl methyl sites for hydroxylation is 1. The maximum atomic E-state index is 11.2. The maximum absolute atomic E-state index is 11.2. The third kappa shape index (κ3) is 2.70. The molecule has 0 saturated carbocycles. The van der Waals surface area contributed by atoms with E-state index in [4.69, 9.17) is 4.52 Å². The van der Waals surface area contributed by atoms with Gasteiger partial charge in [-0.25, -0.2) is 5.43 Å². The lowest BCUT2D eigenvalue weighted by molar-refractivity contribution is 0.0945. The molecule has 0 aromatic carbocycles. The van der Waals surface area contributed by atoms with Crippen molar-refractivity contribution in [3.8, 4) is 0 Å². The highest BCUT2D eigenvalue weighted by Crippen LogP contribution is 2.00. The molecule has 70 valence electrons. The molecule has 1 amide bonds. The molecule has 13 heavy (non-hydrogen) atoms. The quantitative estimate of drug-likeness (QED) is 0.549. The van der Waals surface area contributed by atoms with Gasteiger partial charge in [-0.15, -0.1) is 0 Å². The Morgan fingerprint density at radius 2 is 2.31 bits per heavy atom. The molecule has 0 saturated heterocycles. The molecule has 0 fully saturated rings. The second-order valence-electron chi connectivity index (χ2n) is 2.82. The normalized spacial score (nSPS) is 9.46. The predicted octanol–water partition coefficient (Wildman–Crippen LogP) is 1.11. The smallest absolute Gasteiger partial charge is 0.293 e. The van der Waals surface area contributed by atoms with Crippen molar-refractivity contribution in [1.29, 1.82) is 0 Å². The van der Waals surface area contributed by atoms with Crippen LogP contribution in [0.25, 0.3) is 0 Å². The number of carbonyl (C=O) groups is 1. The molecule has 0 aliphatic rings. The monoisotopic (exact) mass is 181 g/mol. The molecule has 1 aromatic heterocycles. The van der Waals surface area contributed by atoms with Crippen LogP contribution in [-0.4, -0.2) is 16.8 Å². The van der Waals surface area contributed by atoms with Crippen LogP contribution in [0, 0.1) is 6.92 Å².